The lowest BCUT2D eigenvalue weighted by molar-refractivity contribution is 0.475. The number of benzene rings is 6. The Bertz CT molecular complexity index is 1610. The summed E-state index contributed by atoms with van der Waals surface area (Å²) in [4.78, 5) is 0. The van der Waals surface area contributed by atoms with Crippen LogP contribution >= 0.6 is 0 Å². The summed E-state index contributed by atoms with van der Waals surface area (Å²) in [6, 6.07) is 41.3. The van der Waals surface area contributed by atoms with Crippen molar-refractivity contribution in [3.05, 3.63) is 144 Å². The van der Waals surface area contributed by atoms with Gasteiger partial charge in [-0.25, -0.2) is 0 Å². The normalized spacial score (nSPS) is 13.6. The quantitative estimate of drug-likeness (QED) is 0.282. The lowest BCUT2D eigenvalue weighted by atomic mass is 9.67. The predicted octanol–water partition coefficient (Wildman–Crippen LogP) is 7.77. The first-order valence-corrected chi connectivity index (χ1v) is 11.8. The molecule has 6 aromatic rings. The first-order chi connectivity index (χ1) is 17.1. The molecule has 2 nitrogen and oxygen atoms in total. The van der Waals surface area contributed by atoms with E-state index < -0.39 is 5.41 Å². The van der Waals surface area contributed by atoms with Crippen molar-refractivity contribution in [3.63, 3.8) is 0 Å². The number of hydrogen-bond donors (Lipinski definition) is 2. The van der Waals surface area contributed by atoms with E-state index in [1.165, 1.54) is 43.8 Å². The molecule has 1 aliphatic carbocycles. The van der Waals surface area contributed by atoms with Crippen LogP contribution in [-0.4, -0.2) is 10.2 Å². The van der Waals surface area contributed by atoms with Gasteiger partial charge in [-0.1, -0.05) is 72.8 Å². The lowest BCUT2D eigenvalue weighted by Gasteiger charge is -2.34. The number of phenols is 2. The van der Waals surface area contributed by atoms with Crippen molar-refractivity contribution in [2.75, 3.05) is 0 Å². The maximum atomic E-state index is 10.1. The average molecular weight is 451 g/mol. The average Bonchev–Trinajstić information content (AvgIpc) is 3.16. The van der Waals surface area contributed by atoms with Gasteiger partial charge in [0.25, 0.3) is 0 Å². The minimum absolute atomic E-state index is 0.241. The summed E-state index contributed by atoms with van der Waals surface area (Å²) in [7, 11) is 0. The topological polar surface area (TPSA) is 40.5 Å². The third kappa shape index (κ3) is 2.77. The largest absolute Gasteiger partial charge is 0.508 e. The van der Waals surface area contributed by atoms with Crippen LogP contribution in [0.2, 0.25) is 0 Å². The Morgan fingerprint density at radius 2 is 0.743 bits per heavy atom. The van der Waals surface area contributed by atoms with Crippen molar-refractivity contribution in [3.8, 4) is 22.6 Å². The molecule has 0 radical (unpaired) electrons. The summed E-state index contributed by atoms with van der Waals surface area (Å²) in [5.41, 5.74) is 6.39. The van der Waals surface area contributed by atoms with E-state index in [2.05, 4.69) is 72.8 Å². The molecule has 35 heavy (non-hydrogen) atoms. The molecule has 0 fully saturated rings. The minimum Gasteiger partial charge on any atom is -0.508 e. The van der Waals surface area contributed by atoms with Crippen molar-refractivity contribution < 1.29 is 10.2 Å². The van der Waals surface area contributed by atoms with Gasteiger partial charge in [0.05, 0.1) is 5.41 Å². The second kappa shape index (κ2) is 7.22. The van der Waals surface area contributed by atoms with Gasteiger partial charge < -0.3 is 10.2 Å². The molecule has 7 rings (SSSR count). The Kier molecular flexibility index (Phi) is 4.10. The molecule has 6 aromatic carbocycles. The zero-order chi connectivity index (χ0) is 23.6. The van der Waals surface area contributed by atoms with Gasteiger partial charge in [-0.15, -0.1) is 0 Å². The molecular formula is C33H22O2. The monoisotopic (exact) mass is 450 g/mol. The summed E-state index contributed by atoms with van der Waals surface area (Å²) in [5, 5.41) is 25.0. The van der Waals surface area contributed by atoms with Crippen LogP contribution in [-0.2, 0) is 5.41 Å². The van der Waals surface area contributed by atoms with E-state index in [-0.39, 0.29) is 11.5 Å². The molecule has 2 N–H and O–H groups in total. The second-order valence-electron chi connectivity index (χ2n) is 9.33. The molecule has 0 aliphatic heterocycles. The maximum absolute atomic E-state index is 10.1. The third-order valence-electron chi connectivity index (χ3n) is 7.47. The second-order valence-corrected chi connectivity index (χ2v) is 9.33. The fourth-order valence-corrected chi connectivity index (χ4v) is 5.90. The highest BCUT2D eigenvalue weighted by atomic mass is 16.3. The van der Waals surface area contributed by atoms with Crippen LogP contribution < -0.4 is 0 Å². The van der Waals surface area contributed by atoms with E-state index in [1.807, 2.05) is 24.3 Å². The molecule has 0 amide bonds. The Hall–Kier alpha value is -4.56. The van der Waals surface area contributed by atoms with Gasteiger partial charge in [0.15, 0.2) is 0 Å². The molecule has 2 heteroatoms. The van der Waals surface area contributed by atoms with E-state index in [4.69, 9.17) is 0 Å². The van der Waals surface area contributed by atoms with Crippen LogP contribution in [0.3, 0.4) is 0 Å². The molecule has 166 valence electrons. The van der Waals surface area contributed by atoms with Gasteiger partial charge in [-0.05, 0) is 103 Å². The zero-order valence-electron chi connectivity index (χ0n) is 18.9. The van der Waals surface area contributed by atoms with E-state index in [0.717, 1.165) is 11.1 Å². The van der Waals surface area contributed by atoms with Crippen LogP contribution in [0.4, 0.5) is 0 Å². The number of rotatable bonds is 2. The first kappa shape index (κ1) is 19.9. The minimum atomic E-state index is -0.597. The Labute approximate surface area is 203 Å². The molecule has 0 atom stereocenters. The van der Waals surface area contributed by atoms with Crippen molar-refractivity contribution in [1.29, 1.82) is 0 Å². The van der Waals surface area contributed by atoms with Gasteiger partial charge in [-0.3, -0.25) is 0 Å². The van der Waals surface area contributed by atoms with Crippen molar-refractivity contribution in [1.82, 2.24) is 0 Å². The highest BCUT2D eigenvalue weighted by molar-refractivity contribution is 6.00. The first-order valence-electron chi connectivity index (χ1n) is 11.8. The fourth-order valence-electron chi connectivity index (χ4n) is 5.90. The fraction of sp³-hybridized carbons (Fsp3) is 0.0303. The van der Waals surface area contributed by atoms with Gasteiger partial charge in [0.2, 0.25) is 0 Å². The molecule has 0 heterocycles. The number of aromatic hydroxyl groups is 2. The van der Waals surface area contributed by atoms with Crippen LogP contribution in [0, 0.1) is 0 Å². The molecule has 0 aromatic heterocycles. The summed E-state index contributed by atoms with van der Waals surface area (Å²) < 4.78 is 0. The van der Waals surface area contributed by atoms with Crippen molar-refractivity contribution in [2.45, 2.75) is 5.41 Å². The van der Waals surface area contributed by atoms with Crippen LogP contribution in [0.25, 0.3) is 32.7 Å². The van der Waals surface area contributed by atoms with Crippen LogP contribution in [0.1, 0.15) is 22.3 Å². The van der Waals surface area contributed by atoms with Crippen molar-refractivity contribution in [2.24, 2.45) is 0 Å². The summed E-state index contributed by atoms with van der Waals surface area (Å²) in [5.74, 6) is 0.482. The molecule has 0 saturated heterocycles. The smallest absolute Gasteiger partial charge is 0.115 e. The molecule has 0 spiro atoms. The predicted molar refractivity (Wildman–Crippen MR) is 142 cm³/mol. The summed E-state index contributed by atoms with van der Waals surface area (Å²) in [6.45, 7) is 0. The summed E-state index contributed by atoms with van der Waals surface area (Å²) in [6.07, 6.45) is 0. The molecule has 0 saturated carbocycles. The van der Waals surface area contributed by atoms with Crippen LogP contribution in [0.5, 0.6) is 11.5 Å². The summed E-state index contributed by atoms with van der Waals surface area (Å²) >= 11 is 0. The zero-order valence-corrected chi connectivity index (χ0v) is 18.9. The maximum Gasteiger partial charge on any atom is 0.115 e. The standard InChI is InChI=1S/C33H22O2/c34-27-13-9-25(10-14-27)33(26-11-15-28(35)16-12-26)31-19-23-7-3-1-5-21(23)17-29(31)30-18-22-6-2-4-8-24(22)20-32(30)33/h1-20,34-35H. The van der Waals surface area contributed by atoms with Gasteiger partial charge >= 0.3 is 0 Å². The number of fused-ring (bicyclic) bond motifs is 5. The number of hydrogen-bond acceptors (Lipinski definition) is 2. The SMILES string of the molecule is Oc1ccc(C2(c3ccc(O)cc3)c3cc4ccccc4cc3-c3cc4ccccc4cc32)cc1. The van der Waals surface area contributed by atoms with E-state index in [9.17, 15) is 10.2 Å². The van der Waals surface area contributed by atoms with E-state index in [0.29, 0.717) is 0 Å². The molecule has 0 unspecified atom stereocenters. The van der Waals surface area contributed by atoms with Gasteiger partial charge in [0.1, 0.15) is 11.5 Å². The highest BCUT2D eigenvalue weighted by Crippen LogP contribution is 2.57. The third-order valence-corrected chi connectivity index (χ3v) is 7.47. The van der Waals surface area contributed by atoms with Crippen molar-refractivity contribution >= 4 is 21.5 Å². The van der Waals surface area contributed by atoms with Gasteiger partial charge in [-0.2, -0.15) is 0 Å². The lowest BCUT2D eigenvalue weighted by Crippen LogP contribution is -2.28. The molecule has 0 bridgehead atoms. The van der Waals surface area contributed by atoms with Gasteiger partial charge in [0, 0.05) is 0 Å². The molecule has 1 aliphatic rings. The van der Waals surface area contributed by atoms with Crippen LogP contribution in [0.15, 0.2) is 121 Å². The van der Waals surface area contributed by atoms with E-state index >= 15 is 0 Å². The molecular weight excluding hydrogens is 428 g/mol. The Balaban J connectivity index is 1.70. The number of phenolic OH excluding ortho intramolecular Hbond substituents is 2. The van der Waals surface area contributed by atoms with E-state index in [1.54, 1.807) is 24.3 Å². The Morgan fingerprint density at radius 1 is 0.400 bits per heavy atom. The Morgan fingerprint density at radius 3 is 1.11 bits per heavy atom. The highest BCUT2D eigenvalue weighted by Gasteiger charge is 2.46.